The molecule has 0 aliphatic rings. The maximum atomic E-state index is 12.7. The average Bonchev–Trinajstić information content (AvgIpc) is 2.74. The third kappa shape index (κ3) is 4.71. The van der Waals surface area contributed by atoms with E-state index in [1.165, 1.54) is 49.6 Å². The Balaban J connectivity index is 1.95. The molecule has 0 bridgehead atoms. The summed E-state index contributed by atoms with van der Waals surface area (Å²) in [5.41, 5.74) is 0.637. The van der Waals surface area contributed by atoms with Gasteiger partial charge < -0.3 is 4.74 Å². The minimum Gasteiger partial charge on any atom is -0.495 e. The first-order chi connectivity index (χ1) is 14.2. The number of sulfonamides is 2. The van der Waals surface area contributed by atoms with Crippen LogP contribution in [-0.4, -0.2) is 23.9 Å². The summed E-state index contributed by atoms with van der Waals surface area (Å²) in [5, 5.41) is 8.85. The summed E-state index contributed by atoms with van der Waals surface area (Å²) in [4.78, 5) is -0.232. The number of hydrogen-bond acceptors (Lipinski definition) is 6. The zero-order valence-electron chi connectivity index (χ0n) is 15.7. The number of nitrogens with zero attached hydrogens (tertiary/aromatic N) is 1. The topological polar surface area (TPSA) is 125 Å². The molecule has 0 amide bonds. The lowest BCUT2D eigenvalue weighted by Crippen LogP contribution is -2.16. The fourth-order valence-corrected chi connectivity index (χ4v) is 4.71. The number of nitrogens with one attached hydrogen (secondary N) is 2. The molecule has 3 aromatic carbocycles. The highest BCUT2D eigenvalue weighted by atomic mass is 32.2. The normalized spacial score (nSPS) is 11.3. The summed E-state index contributed by atoms with van der Waals surface area (Å²) in [6.07, 6.45) is 0. The standard InChI is InChI=1S/C20H17N3O5S2/c1-28-20-12-11-18(30(26,27)22-16-5-3-2-4-6-16)13-19(20)23-29(24,25)17-9-7-15(14-21)8-10-17/h2-13,22-23H,1H3. The van der Waals surface area contributed by atoms with Gasteiger partial charge in [0.25, 0.3) is 20.0 Å². The molecule has 30 heavy (non-hydrogen) atoms. The summed E-state index contributed by atoms with van der Waals surface area (Å²) in [6, 6.07) is 19.4. The van der Waals surface area contributed by atoms with Gasteiger partial charge in [0.05, 0.1) is 34.2 Å². The largest absolute Gasteiger partial charge is 0.495 e. The van der Waals surface area contributed by atoms with E-state index in [0.29, 0.717) is 11.3 Å². The molecule has 0 atom stereocenters. The van der Waals surface area contributed by atoms with Gasteiger partial charge in [0, 0.05) is 5.69 Å². The molecule has 0 spiro atoms. The lowest BCUT2D eigenvalue weighted by Gasteiger charge is -2.14. The van der Waals surface area contributed by atoms with Gasteiger partial charge in [0.1, 0.15) is 5.75 Å². The van der Waals surface area contributed by atoms with Crippen LogP contribution in [0.15, 0.2) is 82.6 Å². The Kier molecular flexibility index (Phi) is 5.96. The van der Waals surface area contributed by atoms with Gasteiger partial charge in [0.15, 0.2) is 0 Å². The minimum atomic E-state index is -4.05. The first kappa shape index (κ1) is 21.2. The molecule has 3 aromatic rings. The van der Waals surface area contributed by atoms with Crippen LogP contribution in [-0.2, 0) is 20.0 Å². The van der Waals surface area contributed by atoms with Gasteiger partial charge >= 0.3 is 0 Å². The summed E-state index contributed by atoms with van der Waals surface area (Å²) >= 11 is 0. The van der Waals surface area contributed by atoms with Crippen LogP contribution < -0.4 is 14.2 Å². The van der Waals surface area contributed by atoms with Crippen LogP contribution in [0, 0.1) is 11.3 Å². The first-order valence-corrected chi connectivity index (χ1v) is 11.5. The minimum absolute atomic E-state index is 0.0437. The van der Waals surface area contributed by atoms with E-state index in [-0.39, 0.29) is 21.2 Å². The average molecular weight is 444 g/mol. The molecule has 3 rings (SSSR count). The van der Waals surface area contributed by atoms with Crippen LogP contribution >= 0.6 is 0 Å². The Morgan fingerprint density at radius 2 is 1.40 bits per heavy atom. The molecule has 0 radical (unpaired) electrons. The van der Waals surface area contributed by atoms with E-state index >= 15 is 0 Å². The van der Waals surface area contributed by atoms with Crippen LogP contribution in [0.3, 0.4) is 0 Å². The Morgan fingerprint density at radius 1 is 0.800 bits per heavy atom. The highest BCUT2D eigenvalue weighted by Crippen LogP contribution is 2.30. The molecule has 0 aromatic heterocycles. The van der Waals surface area contributed by atoms with Gasteiger partial charge in [-0.1, -0.05) is 18.2 Å². The van der Waals surface area contributed by atoms with Crippen molar-refractivity contribution in [3.05, 3.63) is 78.4 Å². The smallest absolute Gasteiger partial charge is 0.262 e. The van der Waals surface area contributed by atoms with E-state index in [0.717, 1.165) is 0 Å². The second kappa shape index (κ2) is 8.44. The second-order valence-electron chi connectivity index (χ2n) is 6.08. The molecule has 0 unspecified atom stereocenters. The van der Waals surface area contributed by atoms with E-state index in [1.807, 2.05) is 6.07 Å². The summed E-state index contributed by atoms with van der Waals surface area (Å²) in [5.74, 6) is 0.144. The number of ether oxygens (including phenoxy) is 1. The molecule has 10 heteroatoms. The SMILES string of the molecule is COc1ccc(S(=O)(=O)Nc2ccccc2)cc1NS(=O)(=O)c1ccc(C#N)cc1. The summed E-state index contributed by atoms with van der Waals surface area (Å²) in [6.45, 7) is 0. The zero-order chi connectivity index (χ0) is 21.8. The molecule has 0 heterocycles. The number of nitriles is 1. The van der Waals surface area contributed by atoms with Crippen molar-refractivity contribution in [2.24, 2.45) is 0 Å². The van der Waals surface area contributed by atoms with Crippen molar-refractivity contribution in [3.8, 4) is 11.8 Å². The number of para-hydroxylation sites is 1. The predicted molar refractivity (Wildman–Crippen MR) is 112 cm³/mol. The monoisotopic (exact) mass is 443 g/mol. The molecule has 0 saturated carbocycles. The second-order valence-corrected chi connectivity index (χ2v) is 9.44. The van der Waals surface area contributed by atoms with Crippen molar-refractivity contribution >= 4 is 31.4 Å². The van der Waals surface area contributed by atoms with E-state index in [2.05, 4.69) is 9.44 Å². The van der Waals surface area contributed by atoms with E-state index in [9.17, 15) is 16.8 Å². The lowest BCUT2D eigenvalue weighted by molar-refractivity contribution is 0.416. The fourth-order valence-electron chi connectivity index (χ4n) is 2.57. The quantitative estimate of drug-likeness (QED) is 0.578. The van der Waals surface area contributed by atoms with Gasteiger partial charge in [-0.05, 0) is 54.6 Å². The van der Waals surface area contributed by atoms with Gasteiger partial charge in [-0.2, -0.15) is 5.26 Å². The zero-order valence-corrected chi connectivity index (χ0v) is 17.4. The Bertz CT molecular complexity index is 1300. The fraction of sp³-hybridized carbons (Fsp3) is 0.0500. The van der Waals surface area contributed by atoms with Crippen LogP contribution in [0.4, 0.5) is 11.4 Å². The Morgan fingerprint density at radius 3 is 2.00 bits per heavy atom. The molecular weight excluding hydrogens is 426 g/mol. The molecule has 0 aliphatic heterocycles. The number of anilines is 2. The van der Waals surface area contributed by atoms with Crippen molar-refractivity contribution in [1.82, 2.24) is 0 Å². The Labute approximate surface area is 174 Å². The summed E-state index contributed by atoms with van der Waals surface area (Å²) in [7, 11) is -6.67. The van der Waals surface area contributed by atoms with Crippen molar-refractivity contribution < 1.29 is 21.6 Å². The number of rotatable bonds is 7. The number of hydrogen-bond donors (Lipinski definition) is 2. The molecule has 2 N–H and O–H groups in total. The van der Waals surface area contributed by atoms with Crippen molar-refractivity contribution in [1.29, 1.82) is 5.26 Å². The molecule has 154 valence electrons. The molecule has 0 fully saturated rings. The lowest BCUT2D eigenvalue weighted by atomic mass is 10.2. The molecular formula is C20H17N3O5S2. The third-order valence-electron chi connectivity index (χ3n) is 4.05. The maximum absolute atomic E-state index is 12.7. The predicted octanol–water partition coefficient (Wildman–Crippen LogP) is 3.17. The van der Waals surface area contributed by atoms with Crippen LogP contribution in [0.5, 0.6) is 5.75 Å². The van der Waals surface area contributed by atoms with E-state index in [1.54, 1.807) is 30.3 Å². The molecule has 0 aliphatic carbocycles. The van der Waals surface area contributed by atoms with Crippen molar-refractivity contribution in [2.75, 3.05) is 16.6 Å². The first-order valence-electron chi connectivity index (χ1n) is 8.54. The highest BCUT2D eigenvalue weighted by Gasteiger charge is 2.21. The van der Waals surface area contributed by atoms with Gasteiger partial charge in [-0.25, -0.2) is 16.8 Å². The van der Waals surface area contributed by atoms with E-state index in [4.69, 9.17) is 10.00 Å². The van der Waals surface area contributed by atoms with Crippen molar-refractivity contribution in [2.45, 2.75) is 9.79 Å². The van der Waals surface area contributed by atoms with Crippen molar-refractivity contribution in [3.63, 3.8) is 0 Å². The Hall–Kier alpha value is -3.55. The van der Waals surface area contributed by atoms with Gasteiger partial charge in [0.2, 0.25) is 0 Å². The number of methoxy groups -OCH3 is 1. The van der Waals surface area contributed by atoms with Gasteiger partial charge in [-0.15, -0.1) is 0 Å². The number of benzene rings is 3. The third-order valence-corrected chi connectivity index (χ3v) is 6.81. The summed E-state index contributed by atoms with van der Waals surface area (Å²) < 4.78 is 60.7. The van der Waals surface area contributed by atoms with Crippen LogP contribution in [0.2, 0.25) is 0 Å². The maximum Gasteiger partial charge on any atom is 0.262 e. The van der Waals surface area contributed by atoms with E-state index < -0.39 is 20.0 Å². The van der Waals surface area contributed by atoms with Crippen LogP contribution in [0.1, 0.15) is 5.56 Å². The highest BCUT2D eigenvalue weighted by molar-refractivity contribution is 7.93. The van der Waals surface area contributed by atoms with Gasteiger partial charge in [-0.3, -0.25) is 9.44 Å². The van der Waals surface area contributed by atoms with Crippen LogP contribution in [0.25, 0.3) is 0 Å². The molecule has 0 saturated heterocycles. The molecule has 8 nitrogen and oxygen atoms in total.